The summed E-state index contributed by atoms with van der Waals surface area (Å²) in [4.78, 5) is 16.9. The molecule has 3 aromatic rings. The van der Waals surface area contributed by atoms with Crippen LogP contribution in [0.25, 0.3) is 10.2 Å². The third kappa shape index (κ3) is 4.60. The number of carbonyl (C=O) groups excluding carboxylic acids is 1. The van der Waals surface area contributed by atoms with Crippen LogP contribution < -0.4 is 4.80 Å². The molecule has 9 heteroatoms. The minimum absolute atomic E-state index is 0.0417. The first-order valence-electron chi connectivity index (χ1n) is 8.15. The highest BCUT2D eigenvalue weighted by Crippen LogP contribution is 2.22. The SMILES string of the molecule is CCCn1c(=NC(=O)CS(=O)(=O)c2ccc(Cl)cc2)sc2cc(Cl)ccc21. The molecular formula is C18H16Cl2N2O3S2. The van der Waals surface area contributed by atoms with Gasteiger partial charge in [-0.3, -0.25) is 4.79 Å². The van der Waals surface area contributed by atoms with Crippen LogP contribution in [0.5, 0.6) is 0 Å². The van der Waals surface area contributed by atoms with Gasteiger partial charge in [-0.25, -0.2) is 8.42 Å². The van der Waals surface area contributed by atoms with E-state index in [0.717, 1.165) is 16.6 Å². The lowest BCUT2D eigenvalue weighted by Crippen LogP contribution is -2.21. The summed E-state index contributed by atoms with van der Waals surface area (Å²) in [5, 5.41) is 1.02. The number of hydrogen-bond donors (Lipinski definition) is 0. The van der Waals surface area contributed by atoms with Gasteiger partial charge in [-0.1, -0.05) is 41.5 Å². The van der Waals surface area contributed by atoms with E-state index < -0.39 is 21.5 Å². The molecule has 1 aromatic heterocycles. The second kappa shape index (κ2) is 8.14. The van der Waals surface area contributed by atoms with Gasteiger partial charge < -0.3 is 4.57 Å². The Morgan fingerprint density at radius 3 is 2.44 bits per heavy atom. The van der Waals surface area contributed by atoms with Crippen LogP contribution in [0, 0.1) is 0 Å². The molecule has 142 valence electrons. The molecule has 0 radical (unpaired) electrons. The average Bonchev–Trinajstić information content (AvgIpc) is 2.91. The van der Waals surface area contributed by atoms with Gasteiger partial charge in [0.2, 0.25) is 0 Å². The number of amides is 1. The standard InChI is InChI=1S/C18H16Cl2N2O3S2/c1-2-9-22-15-8-5-13(20)10-16(15)26-18(22)21-17(23)11-27(24,25)14-6-3-12(19)4-7-14/h3-8,10H,2,9,11H2,1H3. The zero-order valence-corrected chi connectivity index (χ0v) is 17.5. The maximum atomic E-state index is 12.4. The Kier molecular flexibility index (Phi) is 6.05. The molecule has 0 atom stereocenters. The van der Waals surface area contributed by atoms with Gasteiger partial charge in [-0.05, 0) is 48.9 Å². The van der Waals surface area contributed by atoms with E-state index in [-0.39, 0.29) is 4.90 Å². The molecule has 2 aromatic carbocycles. The molecule has 1 amide bonds. The van der Waals surface area contributed by atoms with Crippen molar-refractivity contribution in [1.82, 2.24) is 4.57 Å². The van der Waals surface area contributed by atoms with Gasteiger partial charge in [0.15, 0.2) is 14.6 Å². The molecule has 0 saturated heterocycles. The number of carbonyl (C=O) groups is 1. The Hall–Kier alpha value is -1.67. The molecule has 3 rings (SSSR count). The summed E-state index contributed by atoms with van der Waals surface area (Å²) in [6.07, 6.45) is 0.846. The van der Waals surface area contributed by atoms with Crippen molar-refractivity contribution in [2.45, 2.75) is 24.8 Å². The van der Waals surface area contributed by atoms with Crippen molar-refractivity contribution in [3.63, 3.8) is 0 Å². The summed E-state index contributed by atoms with van der Waals surface area (Å²) in [7, 11) is -3.79. The van der Waals surface area contributed by atoms with E-state index in [9.17, 15) is 13.2 Å². The van der Waals surface area contributed by atoms with Gasteiger partial charge in [0.1, 0.15) is 5.75 Å². The fourth-order valence-electron chi connectivity index (χ4n) is 2.60. The van der Waals surface area contributed by atoms with Crippen LogP contribution in [-0.4, -0.2) is 24.6 Å². The lowest BCUT2D eigenvalue weighted by Gasteiger charge is -2.03. The van der Waals surface area contributed by atoms with Gasteiger partial charge in [0.05, 0.1) is 15.1 Å². The molecule has 0 aliphatic heterocycles. The molecular weight excluding hydrogens is 427 g/mol. The summed E-state index contributed by atoms with van der Waals surface area (Å²) in [6.45, 7) is 2.68. The van der Waals surface area contributed by atoms with Crippen LogP contribution in [-0.2, 0) is 21.2 Å². The summed E-state index contributed by atoms with van der Waals surface area (Å²) in [5.74, 6) is -1.41. The number of aromatic nitrogens is 1. The number of aryl methyl sites for hydroxylation is 1. The van der Waals surface area contributed by atoms with Crippen LogP contribution in [0.2, 0.25) is 10.0 Å². The Labute approximate surface area is 170 Å². The fraction of sp³-hybridized carbons (Fsp3) is 0.222. The third-order valence-electron chi connectivity index (χ3n) is 3.80. The van der Waals surface area contributed by atoms with Crippen molar-refractivity contribution in [2.75, 3.05) is 5.75 Å². The van der Waals surface area contributed by atoms with Crippen molar-refractivity contribution in [3.05, 3.63) is 57.3 Å². The zero-order valence-electron chi connectivity index (χ0n) is 14.4. The van der Waals surface area contributed by atoms with Crippen molar-refractivity contribution < 1.29 is 13.2 Å². The third-order valence-corrected chi connectivity index (χ3v) is 6.94. The maximum absolute atomic E-state index is 12.4. The number of nitrogens with zero attached hydrogens (tertiary/aromatic N) is 2. The first kappa shape index (κ1) is 20.1. The Balaban J connectivity index is 1.97. The van der Waals surface area contributed by atoms with Crippen LogP contribution in [0.4, 0.5) is 0 Å². The monoisotopic (exact) mass is 442 g/mol. The highest BCUT2D eigenvalue weighted by atomic mass is 35.5. The van der Waals surface area contributed by atoms with Gasteiger partial charge >= 0.3 is 0 Å². The lowest BCUT2D eigenvalue weighted by molar-refractivity contribution is -0.115. The van der Waals surface area contributed by atoms with Crippen molar-refractivity contribution in [3.8, 4) is 0 Å². The normalized spacial score (nSPS) is 12.6. The van der Waals surface area contributed by atoms with E-state index in [2.05, 4.69) is 4.99 Å². The largest absolute Gasteiger partial charge is 0.316 e. The molecule has 0 aliphatic rings. The number of sulfone groups is 1. The molecule has 5 nitrogen and oxygen atoms in total. The fourth-order valence-corrected chi connectivity index (χ4v) is 5.18. The van der Waals surface area contributed by atoms with Crippen LogP contribution in [0.15, 0.2) is 52.4 Å². The molecule has 0 bridgehead atoms. The summed E-state index contributed by atoms with van der Waals surface area (Å²) < 4.78 is 27.7. The number of hydrogen-bond acceptors (Lipinski definition) is 4. The van der Waals surface area contributed by atoms with E-state index in [1.54, 1.807) is 6.07 Å². The molecule has 0 aliphatic carbocycles. The Bertz CT molecular complexity index is 1160. The average molecular weight is 443 g/mol. The number of halogens is 2. The van der Waals surface area contributed by atoms with Gasteiger partial charge in [0, 0.05) is 16.6 Å². The number of thiazole rings is 1. The highest BCUT2D eigenvalue weighted by Gasteiger charge is 2.19. The number of rotatable bonds is 5. The summed E-state index contributed by atoms with van der Waals surface area (Å²) in [6, 6.07) is 11.2. The minimum atomic E-state index is -3.79. The topological polar surface area (TPSA) is 68.5 Å². The predicted octanol–water partition coefficient (Wildman–Crippen LogP) is 4.32. The Morgan fingerprint density at radius 1 is 1.11 bits per heavy atom. The lowest BCUT2D eigenvalue weighted by atomic mass is 10.3. The molecule has 0 unspecified atom stereocenters. The van der Waals surface area contributed by atoms with E-state index in [0.29, 0.717) is 21.4 Å². The summed E-state index contributed by atoms with van der Waals surface area (Å²) in [5.41, 5.74) is 0.915. The molecule has 0 fully saturated rings. The maximum Gasteiger partial charge on any atom is 0.263 e. The van der Waals surface area contributed by atoms with Crippen LogP contribution >= 0.6 is 34.5 Å². The molecule has 27 heavy (non-hydrogen) atoms. The van der Waals surface area contributed by atoms with Gasteiger partial charge in [-0.15, -0.1) is 0 Å². The number of benzene rings is 2. The van der Waals surface area contributed by atoms with Crippen molar-refractivity contribution >= 4 is 60.5 Å². The Morgan fingerprint density at radius 2 is 1.78 bits per heavy atom. The van der Waals surface area contributed by atoms with E-state index in [1.165, 1.54) is 35.6 Å². The molecule has 1 heterocycles. The smallest absolute Gasteiger partial charge is 0.263 e. The van der Waals surface area contributed by atoms with Crippen molar-refractivity contribution in [2.24, 2.45) is 4.99 Å². The summed E-state index contributed by atoms with van der Waals surface area (Å²) >= 11 is 13.1. The van der Waals surface area contributed by atoms with E-state index >= 15 is 0 Å². The van der Waals surface area contributed by atoms with E-state index in [4.69, 9.17) is 23.2 Å². The van der Waals surface area contributed by atoms with Gasteiger partial charge in [-0.2, -0.15) is 4.99 Å². The first-order chi connectivity index (χ1) is 12.8. The van der Waals surface area contributed by atoms with Gasteiger partial charge in [0.25, 0.3) is 5.91 Å². The van der Waals surface area contributed by atoms with Crippen molar-refractivity contribution in [1.29, 1.82) is 0 Å². The van der Waals surface area contributed by atoms with Crippen LogP contribution in [0.3, 0.4) is 0 Å². The first-order valence-corrected chi connectivity index (χ1v) is 11.4. The highest BCUT2D eigenvalue weighted by molar-refractivity contribution is 7.92. The molecule has 0 saturated carbocycles. The van der Waals surface area contributed by atoms with E-state index in [1.807, 2.05) is 23.6 Å². The zero-order chi connectivity index (χ0) is 19.6. The number of fused-ring (bicyclic) bond motifs is 1. The quantitative estimate of drug-likeness (QED) is 0.590. The molecule has 0 N–H and O–H groups in total. The minimum Gasteiger partial charge on any atom is -0.316 e. The second-order valence-corrected chi connectivity index (χ2v) is 9.74. The molecule has 0 spiro atoms. The van der Waals surface area contributed by atoms with Crippen LogP contribution in [0.1, 0.15) is 13.3 Å². The predicted molar refractivity (Wildman–Crippen MR) is 109 cm³/mol. The second-order valence-electron chi connectivity index (χ2n) is 5.87.